The van der Waals surface area contributed by atoms with Crippen molar-refractivity contribution in [1.82, 2.24) is 19.6 Å². The summed E-state index contributed by atoms with van der Waals surface area (Å²) in [6, 6.07) is 11.3. The molecule has 0 radical (unpaired) electrons. The normalized spacial score (nSPS) is 18.5. The van der Waals surface area contributed by atoms with Crippen LogP contribution in [-0.4, -0.2) is 57.7 Å². The first-order chi connectivity index (χ1) is 13.1. The fourth-order valence-corrected chi connectivity index (χ4v) is 4.19. The minimum atomic E-state index is 0.297. The molecule has 2 heterocycles. The van der Waals surface area contributed by atoms with Gasteiger partial charge in [0, 0.05) is 44.3 Å². The molecule has 0 atom stereocenters. The van der Waals surface area contributed by atoms with Gasteiger partial charge in [0.2, 0.25) is 5.91 Å². The summed E-state index contributed by atoms with van der Waals surface area (Å²) in [4.78, 5) is 17.2. The molecule has 1 aliphatic heterocycles. The number of benzene rings is 1. The van der Waals surface area contributed by atoms with Crippen molar-refractivity contribution in [1.29, 1.82) is 0 Å². The van der Waals surface area contributed by atoms with Crippen molar-refractivity contribution >= 4 is 5.91 Å². The van der Waals surface area contributed by atoms with Crippen molar-refractivity contribution in [2.45, 2.75) is 52.0 Å². The van der Waals surface area contributed by atoms with Gasteiger partial charge in [-0.1, -0.05) is 18.6 Å². The largest absolute Gasteiger partial charge is 0.340 e. The molecule has 2 fully saturated rings. The first-order valence-electron chi connectivity index (χ1n) is 10.2. The van der Waals surface area contributed by atoms with E-state index in [4.69, 9.17) is 0 Å². The van der Waals surface area contributed by atoms with Crippen molar-refractivity contribution in [3.05, 3.63) is 47.3 Å². The van der Waals surface area contributed by atoms with Crippen molar-refractivity contribution in [3.63, 3.8) is 0 Å². The Morgan fingerprint density at radius 3 is 2.33 bits per heavy atom. The topological polar surface area (TPSA) is 41.4 Å². The van der Waals surface area contributed by atoms with Crippen LogP contribution in [-0.2, 0) is 11.2 Å². The molecule has 0 unspecified atom stereocenters. The third-order valence-electron chi connectivity index (χ3n) is 6.08. The predicted octanol–water partition coefficient (Wildman–Crippen LogP) is 3.12. The standard InChI is InChI=1S/C22H30N4O/c1-17-16-18(2)26(23-17)21-9-6-19(7-10-21)8-11-22(27)25-14-12-24(13-15-25)20-4-3-5-20/h6-7,9-10,16,20H,3-5,8,11-15H2,1-2H3. The number of hydrogen-bond acceptors (Lipinski definition) is 3. The van der Waals surface area contributed by atoms with Crippen LogP contribution >= 0.6 is 0 Å². The Balaban J connectivity index is 1.27. The molecule has 27 heavy (non-hydrogen) atoms. The van der Waals surface area contributed by atoms with Crippen LogP contribution in [0.1, 0.15) is 42.6 Å². The molecule has 144 valence electrons. The Morgan fingerprint density at radius 1 is 1.07 bits per heavy atom. The maximum atomic E-state index is 12.6. The molecule has 1 aliphatic carbocycles. The fourth-order valence-electron chi connectivity index (χ4n) is 4.19. The number of nitrogens with zero attached hydrogens (tertiary/aromatic N) is 4. The first kappa shape index (κ1) is 18.2. The second-order valence-corrected chi connectivity index (χ2v) is 8.01. The zero-order valence-corrected chi connectivity index (χ0v) is 16.5. The van der Waals surface area contributed by atoms with Gasteiger partial charge in [-0.15, -0.1) is 0 Å². The minimum absolute atomic E-state index is 0.297. The lowest BCUT2D eigenvalue weighted by Crippen LogP contribution is -2.53. The molecule has 1 amide bonds. The summed E-state index contributed by atoms with van der Waals surface area (Å²) in [5, 5.41) is 4.53. The summed E-state index contributed by atoms with van der Waals surface area (Å²) in [5.74, 6) is 0.297. The van der Waals surface area contributed by atoms with Gasteiger partial charge in [0.15, 0.2) is 0 Å². The van der Waals surface area contributed by atoms with Gasteiger partial charge < -0.3 is 4.90 Å². The van der Waals surface area contributed by atoms with Gasteiger partial charge in [-0.05, 0) is 56.9 Å². The lowest BCUT2D eigenvalue weighted by atomic mass is 9.91. The number of amides is 1. The Labute approximate surface area is 162 Å². The average molecular weight is 367 g/mol. The summed E-state index contributed by atoms with van der Waals surface area (Å²) < 4.78 is 1.96. The van der Waals surface area contributed by atoms with Crippen LogP contribution in [0.5, 0.6) is 0 Å². The smallest absolute Gasteiger partial charge is 0.222 e. The predicted molar refractivity (Wildman–Crippen MR) is 107 cm³/mol. The summed E-state index contributed by atoms with van der Waals surface area (Å²) in [7, 11) is 0. The summed E-state index contributed by atoms with van der Waals surface area (Å²) in [6.07, 6.45) is 5.48. The van der Waals surface area contributed by atoms with E-state index in [2.05, 4.69) is 52.2 Å². The number of carbonyl (C=O) groups is 1. The van der Waals surface area contributed by atoms with Gasteiger partial charge in [-0.3, -0.25) is 9.69 Å². The maximum absolute atomic E-state index is 12.6. The van der Waals surface area contributed by atoms with E-state index < -0.39 is 0 Å². The van der Waals surface area contributed by atoms with E-state index in [-0.39, 0.29) is 0 Å². The Bertz CT molecular complexity index is 783. The monoisotopic (exact) mass is 366 g/mol. The Kier molecular flexibility index (Phi) is 5.30. The van der Waals surface area contributed by atoms with Crippen LogP contribution < -0.4 is 0 Å². The average Bonchev–Trinajstić information content (AvgIpc) is 2.97. The quantitative estimate of drug-likeness (QED) is 0.816. The highest BCUT2D eigenvalue weighted by molar-refractivity contribution is 5.76. The number of rotatable bonds is 5. The number of aryl methyl sites for hydroxylation is 3. The van der Waals surface area contributed by atoms with Crippen molar-refractivity contribution in [2.75, 3.05) is 26.2 Å². The molecule has 5 nitrogen and oxygen atoms in total. The van der Waals surface area contributed by atoms with E-state index in [9.17, 15) is 4.79 Å². The number of aromatic nitrogens is 2. The summed E-state index contributed by atoms with van der Waals surface area (Å²) in [6.45, 7) is 7.96. The second-order valence-electron chi connectivity index (χ2n) is 8.01. The second kappa shape index (κ2) is 7.85. The maximum Gasteiger partial charge on any atom is 0.222 e. The molecule has 5 heteroatoms. The first-order valence-corrected chi connectivity index (χ1v) is 10.2. The van der Waals surface area contributed by atoms with Crippen LogP contribution in [0.25, 0.3) is 5.69 Å². The number of carbonyl (C=O) groups excluding carboxylic acids is 1. The van der Waals surface area contributed by atoms with E-state index in [1.54, 1.807) is 0 Å². The van der Waals surface area contributed by atoms with Crippen LogP contribution in [0.4, 0.5) is 0 Å². The third-order valence-corrected chi connectivity index (χ3v) is 6.08. The van der Waals surface area contributed by atoms with Crippen LogP contribution in [0.15, 0.2) is 30.3 Å². The molecule has 0 N–H and O–H groups in total. The lowest BCUT2D eigenvalue weighted by Gasteiger charge is -2.43. The molecule has 4 rings (SSSR count). The summed E-state index contributed by atoms with van der Waals surface area (Å²) in [5.41, 5.74) is 4.44. The summed E-state index contributed by atoms with van der Waals surface area (Å²) >= 11 is 0. The number of piperazine rings is 1. The highest BCUT2D eigenvalue weighted by atomic mass is 16.2. The van der Waals surface area contributed by atoms with E-state index >= 15 is 0 Å². The van der Waals surface area contributed by atoms with Gasteiger partial charge >= 0.3 is 0 Å². The van der Waals surface area contributed by atoms with Crippen LogP contribution in [0.3, 0.4) is 0 Å². The molecular weight excluding hydrogens is 336 g/mol. The Morgan fingerprint density at radius 2 is 1.78 bits per heavy atom. The molecule has 2 aromatic rings. The Hall–Kier alpha value is -2.14. The molecule has 1 aromatic heterocycles. The number of hydrogen-bond donors (Lipinski definition) is 0. The molecular formula is C22H30N4O. The third kappa shape index (κ3) is 4.08. The SMILES string of the molecule is Cc1cc(C)n(-c2ccc(CCC(=O)N3CCN(C4CCC4)CC3)cc2)n1. The zero-order chi connectivity index (χ0) is 18.8. The lowest BCUT2D eigenvalue weighted by molar-refractivity contribution is -0.133. The molecule has 0 bridgehead atoms. The van der Waals surface area contributed by atoms with Crippen molar-refractivity contribution < 1.29 is 4.79 Å². The molecule has 2 aliphatic rings. The van der Waals surface area contributed by atoms with E-state index in [1.807, 2.05) is 11.6 Å². The van der Waals surface area contributed by atoms with Gasteiger partial charge in [-0.25, -0.2) is 4.68 Å². The van der Waals surface area contributed by atoms with Crippen molar-refractivity contribution in [3.8, 4) is 5.69 Å². The molecule has 1 saturated heterocycles. The molecule has 1 aromatic carbocycles. The van der Waals surface area contributed by atoms with E-state index in [0.29, 0.717) is 12.3 Å². The van der Waals surface area contributed by atoms with Gasteiger partial charge in [0.05, 0.1) is 11.4 Å². The minimum Gasteiger partial charge on any atom is -0.340 e. The molecule has 0 spiro atoms. The fraction of sp³-hybridized carbons (Fsp3) is 0.545. The van der Waals surface area contributed by atoms with Crippen LogP contribution in [0.2, 0.25) is 0 Å². The van der Waals surface area contributed by atoms with Crippen molar-refractivity contribution in [2.24, 2.45) is 0 Å². The van der Waals surface area contributed by atoms with Gasteiger partial charge in [-0.2, -0.15) is 5.10 Å². The molecule has 1 saturated carbocycles. The zero-order valence-electron chi connectivity index (χ0n) is 16.5. The van der Waals surface area contributed by atoms with E-state index in [0.717, 1.165) is 55.7 Å². The van der Waals surface area contributed by atoms with Gasteiger partial charge in [0.25, 0.3) is 0 Å². The highest BCUT2D eigenvalue weighted by Crippen LogP contribution is 2.25. The van der Waals surface area contributed by atoms with E-state index in [1.165, 1.54) is 24.8 Å². The van der Waals surface area contributed by atoms with Crippen LogP contribution in [0, 0.1) is 13.8 Å². The highest BCUT2D eigenvalue weighted by Gasteiger charge is 2.29. The van der Waals surface area contributed by atoms with Gasteiger partial charge in [0.1, 0.15) is 0 Å².